The summed E-state index contributed by atoms with van der Waals surface area (Å²) < 4.78 is 24.6. The average Bonchev–Trinajstić information content (AvgIpc) is 2.61. The van der Waals surface area contributed by atoms with Gasteiger partial charge in [-0.25, -0.2) is 4.39 Å². The van der Waals surface area contributed by atoms with Gasteiger partial charge in [0.2, 0.25) is 0 Å². The van der Waals surface area contributed by atoms with Crippen LogP contribution in [0.25, 0.3) is 0 Å². The zero-order valence-corrected chi connectivity index (χ0v) is 14.8. The molecular formula is C19H29FN2O3. The lowest BCUT2D eigenvalue weighted by molar-refractivity contribution is -0.0596. The van der Waals surface area contributed by atoms with Crippen molar-refractivity contribution in [1.29, 1.82) is 0 Å². The summed E-state index contributed by atoms with van der Waals surface area (Å²) in [6.45, 7) is 6.20. The number of rotatable bonds is 7. The lowest BCUT2D eigenvalue weighted by Crippen LogP contribution is -2.49. The molecule has 0 bridgehead atoms. The SMILES string of the molecule is OC(CN1CCCCC1)CN1CCOC(COc2cccc(F)c2)C1. The molecule has 0 aliphatic carbocycles. The number of halogens is 1. The second-order valence-electron chi connectivity index (χ2n) is 7.04. The van der Waals surface area contributed by atoms with Crippen molar-refractivity contribution in [3.63, 3.8) is 0 Å². The maximum atomic E-state index is 13.2. The number of ether oxygens (including phenoxy) is 2. The minimum Gasteiger partial charge on any atom is -0.491 e. The molecule has 0 spiro atoms. The third kappa shape index (κ3) is 6.22. The van der Waals surface area contributed by atoms with E-state index in [1.54, 1.807) is 12.1 Å². The lowest BCUT2D eigenvalue weighted by Gasteiger charge is -2.35. The lowest BCUT2D eigenvalue weighted by atomic mass is 10.1. The molecule has 25 heavy (non-hydrogen) atoms. The third-order valence-electron chi connectivity index (χ3n) is 4.84. The number of hydrogen-bond acceptors (Lipinski definition) is 5. The molecule has 3 rings (SSSR count). The van der Waals surface area contributed by atoms with Gasteiger partial charge in [-0.05, 0) is 38.1 Å². The molecule has 6 heteroatoms. The monoisotopic (exact) mass is 352 g/mol. The van der Waals surface area contributed by atoms with Crippen molar-refractivity contribution >= 4 is 0 Å². The number of β-amino-alcohol motifs (C(OH)–C–C–N with tert-alkyl or cyclic N) is 1. The Balaban J connectivity index is 1.39. The number of aliphatic hydroxyl groups excluding tert-OH is 1. The molecule has 1 aromatic rings. The molecule has 0 aromatic heterocycles. The van der Waals surface area contributed by atoms with Gasteiger partial charge in [-0.15, -0.1) is 0 Å². The number of hydrogen-bond donors (Lipinski definition) is 1. The first-order valence-electron chi connectivity index (χ1n) is 9.32. The molecular weight excluding hydrogens is 323 g/mol. The summed E-state index contributed by atoms with van der Waals surface area (Å²) >= 11 is 0. The first-order valence-corrected chi connectivity index (χ1v) is 9.32. The minimum atomic E-state index is -0.332. The van der Waals surface area contributed by atoms with Crippen molar-refractivity contribution in [3.05, 3.63) is 30.1 Å². The van der Waals surface area contributed by atoms with Crippen LogP contribution in [-0.2, 0) is 4.74 Å². The topological polar surface area (TPSA) is 45.2 Å². The Morgan fingerprint density at radius 3 is 2.76 bits per heavy atom. The van der Waals surface area contributed by atoms with Crippen LogP contribution >= 0.6 is 0 Å². The number of morpholine rings is 1. The fraction of sp³-hybridized carbons (Fsp3) is 0.684. The smallest absolute Gasteiger partial charge is 0.126 e. The predicted molar refractivity (Wildman–Crippen MR) is 94.4 cm³/mol. The number of likely N-dealkylation sites (tertiary alicyclic amines) is 1. The van der Waals surface area contributed by atoms with Gasteiger partial charge in [0.1, 0.15) is 24.3 Å². The van der Waals surface area contributed by atoms with Gasteiger partial charge in [0.25, 0.3) is 0 Å². The molecule has 0 amide bonds. The fourth-order valence-electron chi connectivity index (χ4n) is 3.59. The molecule has 140 valence electrons. The minimum absolute atomic E-state index is 0.0563. The summed E-state index contributed by atoms with van der Waals surface area (Å²) in [5, 5.41) is 10.4. The van der Waals surface area contributed by atoms with E-state index in [1.807, 2.05) is 0 Å². The van der Waals surface area contributed by atoms with Crippen molar-refractivity contribution in [2.45, 2.75) is 31.5 Å². The quantitative estimate of drug-likeness (QED) is 0.810. The second-order valence-corrected chi connectivity index (χ2v) is 7.04. The van der Waals surface area contributed by atoms with Crippen molar-refractivity contribution in [3.8, 4) is 5.75 Å². The van der Waals surface area contributed by atoms with Gasteiger partial charge in [-0.2, -0.15) is 0 Å². The molecule has 2 saturated heterocycles. The standard InChI is InChI=1S/C19H29FN2O3/c20-16-5-4-6-18(11-16)25-15-19-14-22(9-10-24-19)13-17(23)12-21-7-2-1-3-8-21/h4-6,11,17,19,23H,1-3,7-10,12-15H2. The van der Waals surface area contributed by atoms with Gasteiger partial charge in [-0.1, -0.05) is 12.5 Å². The Kier molecular flexibility index (Phi) is 7.04. The summed E-state index contributed by atoms with van der Waals surface area (Å²) in [6.07, 6.45) is 3.40. The zero-order chi connectivity index (χ0) is 17.5. The van der Waals surface area contributed by atoms with E-state index < -0.39 is 0 Å². The van der Waals surface area contributed by atoms with Crippen LogP contribution < -0.4 is 4.74 Å². The van der Waals surface area contributed by atoms with Crippen LogP contribution in [-0.4, -0.2) is 79.6 Å². The van der Waals surface area contributed by atoms with Crippen LogP contribution in [0.4, 0.5) is 4.39 Å². The summed E-state index contributed by atoms with van der Waals surface area (Å²) in [5.74, 6) is 0.218. The highest BCUT2D eigenvalue weighted by Gasteiger charge is 2.24. The molecule has 2 aliphatic heterocycles. The van der Waals surface area contributed by atoms with Crippen molar-refractivity contribution in [2.75, 3.05) is 52.5 Å². The van der Waals surface area contributed by atoms with Gasteiger partial charge in [0, 0.05) is 32.2 Å². The molecule has 2 fully saturated rings. The molecule has 1 aromatic carbocycles. The van der Waals surface area contributed by atoms with Gasteiger partial charge in [0.15, 0.2) is 0 Å². The van der Waals surface area contributed by atoms with Gasteiger partial charge in [-0.3, -0.25) is 4.90 Å². The summed E-state index contributed by atoms with van der Waals surface area (Å²) in [4.78, 5) is 4.59. The molecule has 5 nitrogen and oxygen atoms in total. The number of aliphatic hydroxyl groups is 1. The van der Waals surface area contributed by atoms with E-state index >= 15 is 0 Å². The van der Waals surface area contributed by atoms with Crippen LogP contribution in [0.1, 0.15) is 19.3 Å². The molecule has 2 unspecified atom stereocenters. The van der Waals surface area contributed by atoms with E-state index in [1.165, 1.54) is 31.4 Å². The Bertz CT molecular complexity index is 525. The highest BCUT2D eigenvalue weighted by molar-refractivity contribution is 5.22. The normalized spacial score (nSPS) is 24.2. The molecule has 2 heterocycles. The van der Waals surface area contributed by atoms with E-state index in [9.17, 15) is 9.50 Å². The molecule has 2 aliphatic rings. The van der Waals surface area contributed by atoms with Gasteiger partial charge >= 0.3 is 0 Å². The predicted octanol–water partition coefficient (Wildman–Crippen LogP) is 1.75. The second kappa shape index (κ2) is 9.48. The van der Waals surface area contributed by atoms with Crippen LogP contribution in [0.3, 0.4) is 0 Å². The highest BCUT2D eigenvalue weighted by Crippen LogP contribution is 2.14. The Hall–Kier alpha value is -1.21. The molecule has 0 radical (unpaired) electrons. The first-order chi connectivity index (χ1) is 12.2. The van der Waals surface area contributed by atoms with E-state index in [-0.39, 0.29) is 18.0 Å². The summed E-state index contributed by atoms with van der Waals surface area (Å²) in [6, 6.07) is 6.15. The molecule has 1 N–H and O–H groups in total. The van der Waals surface area contributed by atoms with Gasteiger partial charge < -0.3 is 19.5 Å². The van der Waals surface area contributed by atoms with Crippen LogP contribution in [0, 0.1) is 5.82 Å². The maximum absolute atomic E-state index is 13.2. The van der Waals surface area contributed by atoms with Crippen LogP contribution in [0.5, 0.6) is 5.75 Å². The van der Waals surface area contributed by atoms with E-state index in [0.717, 1.165) is 32.7 Å². The third-order valence-corrected chi connectivity index (χ3v) is 4.84. The van der Waals surface area contributed by atoms with Crippen molar-refractivity contribution < 1.29 is 19.0 Å². The Labute approximate surface area is 149 Å². The van der Waals surface area contributed by atoms with E-state index in [4.69, 9.17) is 9.47 Å². The van der Waals surface area contributed by atoms with Crippen LogP contribution in [0.2, 0.25) is 0 Å². The average molecular weight is 352 g/mol. The summed E-state index contributed by atoms with van der Waals surface area (Å²) in [7, 11) is 0. The molecule has 0 saturated carbocycles. The highest BCUT2D eigenvalue weighted by atomic mass is 19.1. The van der Waals surface area contributed by atoms with E-state index in [2.05, 4.69) is 9.80 Å². The fourth-order valence-corrected chi connectivity index (χ4v) is 3.59. The largest absolute Gasteiger partial charge is 0.491 e. The molecule has 2 atom stereocenters. The zero-order valence-electron chi connectivity index (χ0n) is 14.8. The Morgan fingerprint density at radius 2 is 1.96 bits per heavy atom. The Morgan fingerprint density at radius 1 is 1.16 bits per heavy atom. The van der Waals surface area contributed by atoms with Crippen molar-refractivity contribution in [1.82, 2.24) is 9.80 Å². The number of nitrogens with zero attached hydrogens (tertiary/aromatic N) is 2. The first kappa shape index (κ1) is 18.6. The van der Waals surface area contributed by atoms with Gasteiger partial charge in [0.05, 0.1) is 12.7 Å². The number of benzene rings is 1. The van der Waals surface area contributed by atoms with E-state index in [0.29, 0.717) is 25.5 Å². The van der Waals surface area contributed by atoms with Crippen molar-refractivity contribution in [2.24, 2.45) is 0 Å². The summed E-state index contributed by atoms with van der Waals surface area (Å²) in [5.41, 5.74) is 0. The number of piperidine rings is 1. The maximum Gasteiger partial charge on any atom is 0.126 e. The van der Waals surface area contributed by atoms with Crippen LogP contribution in [0.15, 0.2) is 24.3 Å².